The SMILES string of the molecule is Cl.Cl.NC(C(=O)NCCCNc1ccccn1)c1ccccc1. The summed E-state index contributed by atoms with van der Waals surface area (Å²) in [6, 6.07) is 14.4. The molecule has 0 spiro atoms. The Kier molecular flexibility index (Phi) is 10.8. The fraction of sp³-hybridized carbons (Fsp3) is 0.250. The van der Waals surface area contributed by atoms with Crippen LogP contribution in [-0.2, 0) is 4.79 Å². The fourth-order valence-corrected chi connectivity index (χ4v) is 1.91. The lowest BCUT2D eigenvalue weighted by Gasteiger charge is -2.12. The van der Waals surface area contributed by atoms with Crippen molar-refractivity contribution in [1.82, 2.24) is 10.3 Å². The molecule has 1 heterocycles. The van der Waals surface area contributed by atoms with Crippen molar-refractivity contribution in [3.63, 3.8) is 0 Å². The second kappa shape index (κ2) is 11.7. The number of halogens is 2. The Morgan fingerprint density at radius 3 is 2.39 bits per heavy atom. The number of nitrogens with one attached hydrogen (secondary N) is 2. The second-order valence-corrected chi connectivity index (χ2v) is 4.67. The van der Waals surface area contributed by atoms with Gasteiger partial charge in [0.05, 0.1) is 0 Å². The third kappa shape index (κ3) is 7.32. The van der Waals surface area contributed by atoms with Crippen molar-refractivity contribution in [3.8, 4) is 0 Å². The minimum atomic E-state index is -0.616. The third-order valence-electron chi connectivity index (χ3n) is 3.06. The first-order valence-electron chi connectivity index (χ1n) is 7.00. The molecule has 5 nitrogen and oxygen atoms in total. The van der Waals surface area contributed by atoms with Crippen molar-refractivity contribution < 1.29 is 4.79 Å². The van der Waals surface area contributed by atoms with Crippen LogP contribution in [0.2, 0.25) is 0 Å². The van der Waals surface area contributed by atoms with Gasteiger partial charge in [-0.1, -0.05) is 36.4 Å². The number of rotatable bonds is 7. The number of hydrogen-bond acceptors (Lipinski definition) is 4. The van der Waals surface area contributed by atoms with E-state index in [9.17, 15) is 4.79 Å². The number of aromatic nitrogens is 1. The molecule has 1 amide bonds. The first-order valence-corrected chi connectivity index (χ1v) is 7.00. The summed E-state index contributed by atoms with van der Waals surface area (Å²) >= 11 is 0. The lowest BCUT2D eigenvalue weighted by atomic mass is 10.1. The summed E-state index contributed by atoms with van der Waals surface area (Å²) in [5, 5.41) is 6.03. The number of hydrogen-bond donors (Lipinski definition) is 3. The second-order valence-electron chi connectivity index (χ2n) is 4.67. The molecule has 0 aliphatic carbocycles. The summed E-state index contributed by atoms with van der Waals surface area (Å²) in [6.45, 7) is 1.33. The smallest absolute Gasteiger partial charge is 0.241 e. The highest BCUT2D eigenvalue weighted by molar-refractivity contribution is 5.85. The number of carbonyl (C=O) groups excluding carboxylic acids is 1. The van der Waals surface area contributed by atoms with Gasteiger partial charge in [0, 0.05) is 19.3 Å². The molecule has 1 aromatic carbocycles. The Balaban J connectivity index is 0.00000242. The van der Waals surface area contributed by atoms with Crippen molar-refractivity contribution in [3.05, 3.63) is 60.3 Å². The summed E-state index contributed by atoms with van der Waals surface area (Å²) in [6.07, 6.45) is 2.55. The molecule has 4 N–H and O–H groups in total. The molecule has 0 saturated carbocycles. The van der Waals surface area contributed by atoms with Gasteiger partial charge in [0.25, 0.3) is 0 Å². The summed E-state index contributed by atoms with van der Waals surface area (Å²) in [5.41, 5.74) is 6.73. The first kappa shape index (κ1) is 21.2. The number of nitrogens with two attached hydrogens (primary N) is 1. The molecule has 0 bridgehead atoms. The van der Waals surface area contributed by atoms with E-state index in [1.54, 1.807) is 6.20 Å². The minimum absolute atomic E-state index is 0. The summed E-state index contributed by atoms with van der Waals surface area (Å²) < 4.78 is 0. The van der Waals surface area contributed by atoms with Gasteiger partial charge in [-0.25, -0.2) is 4.98 Å². The lowest BCUT2D eigenvalue weighted by molar-refractivity contribution is -0.122. The van der Waals surface area contributed by atoms with E-state index in [2.05, 4.69) is 15.6 Å². The van der Waals surface area contributed by atoms with Crippen LogP contribution in [0.15, 0.2) is 54.7 Å². The molecule has 0 fully saturated rings. The zero-order valence-electron chi connectivity index (χ0n) is 12.6. The molecular weight excluding hydrogens is 335 g/mol. The average Bonchev–Trinajstić information content (AvgIpc) is 2.55. The summed E-state index contributed by atoms with van der Waals surface area (Å²) in [5.74, 6) is 0.684. The van der Waals surface area contributed by atoms with Gasteiger partial charge in [-0.2, -0.15) is 0 Å². The Morgan fingerprint density at radius 2 is 1.74 bits per heavy atom. The van der Waals surface area contributed by atoms with Crippen LogP contribution < -0.4 is 16.4 Å². The third-order valence-corrected chi connectivity index (χ3v) is 3.06. The number of amides is 1. The maximum absolute atomic E-state index is 11.9. The number of anilines is 1. The van der Waals surface area contributed by atoms with Crippen LogP contribution in [0.25, 0.3) is 0 Å². The van der Waals surface area contributed by atoms with Gasteiger partial charge in [-0.3, -0.25) is 4.79 Å². The largest absolute Gasteiger partial charge is 0.370 e. The highest BCUT2D eigenvalue weighted by Crippen LogP contribution is 2.09. The number of benzene rings is 1. The molecule has 1 atom stereocenters. The summed E-state index contributed by atoms with van der Waals surface area (Å²) in [7, 11) is 0. The molecule has 0 aliphatic heterocycles. The van der Waals surface area contributed by atoms with Gasteiger partial charge < -0.3 is 16.4 Å². The fourth-order valence-electron chi connectivity index (χ4n) is 1.91. The van der Waals surface area contributed by atoms with E-state index in [0.29, 0.717) is 6.54 Å². The molecule has 7 heteroatoms. The molecule has 126 valence electrons. The van der Waals surface area contributed by atoms with Crippen LogP contribution in [0.4, 0.5) is 5.82 Å². The van der Waals surface area contributed by atoms with E-state index >= 15 is 0 Å². The maximum atomic E-state index is 11.9. The van der Waals surface area contributed by atoms with Gasteiger partial charge in [0.1, 0.15) is 11.9 Å². The quantitative estimate of drug-likeness (QED) is 0.666. The normalized spacial score (nSPS) is 10.7. The zero-order chi connectivity index (χ0) is 14.9. The standard InChI is InChI=1S/C16H20N4O.2ClH/c17-15(13-7-2-1-3-8-13)16(21)20-12-6-11-19-14-9-4-5-10-18-14;;/h1-5,7-10,15H,6,11-12,17H2,(H,18,19)(H,20,21);2*1H. The monoisotopic (exact) mass is 356 g/mol. The Labute approximate surface area is 148 Å². The van der Waals surface area contributed by atoms with E-state index in [-0.39, 0.29) is 30.7 Å². The predicted octanol–water partition coefficient (Wildman–Crippen LogP) is 2.54. The van der Waals surface area contributed by atoms with Crippen LogP contribution in [0.5, 0.6) is 0 Å². The Bertz CT molecular complexity index is 555. The molecule has 0 radical (unpaired) electrons. The van der Waals surface area contributed by atoms with E-state index in [4.69, 9.17) is 5.73 Å². The zero-order valence-corrected chi connectivity index (χ0v) is 14.3. The van der Waals surface area contributed by atoms with Gasteiger partial charge in [-0.15, -0.1) is 24.8 Å². The van der Waals surface area contributed by atoms with E-state index < -0.39 is 6.04 Å². The average molecular weight is 357 g/mol. The minimum Gasteiger partial charge on any atom is -0.370 e. The van der Waals surface area contributed by atoms with E-state index in [1.165, 1.54) is 0 Å². The van der Waals surface area contributed by atoms with Crippen LogP contribution >= 0.6 is 24.8 Å². The van der Waals surface area contributed by atoms with Crippen molar-refractivity contribution >= 4 is 36.5 Å². The van der Waals surface area contributed by atoms with Crippen molar-refractivity contribution in [2.75, 3.05) is 18.4 Å². The van der Waals surface area contributed by atoms with Crippen molar-refractivity contribution in [1.29, 1.82) is 0 Å². The van der Waals surface area contributed by atoms with Gasteiger partial charge >= 0.3 is 0 Å². The lowest BCUT2D eigenvalue weighted by Crippen LogP contribution is -2.35. The van der Waals surface area contributed by atoms with Gasteiger partial charge in [0.15, 0.2) is 0 Å². The van der Waals surface area contributed by atoms with Crippen LogP contribution in [0.1, 0.15) is 18.0 Å². The first-order chi connectivity index (χ1) is 10.3. The predicted molar refractivity (Wildman–Crippen MR) is 98.2 cm³/mol. The molecule has 2 rings (SSSR count). The Morgan fingerprint density at radius 1 is 1.04 bits per heavy atom. The Hall–Kier alpha value is -1.82. The highest BCUT2D eigenvalue weighted by Gasteiger charge is 2.14. The molecule has 2 aromatic rings. The molecule has 1 unspecified atom stereocenters. The van der Waals surface area contributed by atoms with Gasteiger partial charge in [0.2, 0.25) is 5.91 Å². The number of carbonyl (C=O) groups is 1. The molecule has 23 heavy (non-hydrogen) atoms. The van der Waals surface area contributed by atoms with Crippen LogP contribution in [0.3, 0.4) is 0 Å². The van der Waals surface area contributed by atoms with Crippen LogP contribution in [-0.4, -0.2) is 24.0 Å². The van der Waals surface area contributed by atoms with Gasteiger partial charge in [-0.05, 0) is 24.1 Å². The molecule has 0 saturated heterocycles. The topological polar surface area (TPSA) is 80.0 Å². The maximum Gasteiger partial charge on any atom is 0.241 e. The van der Waals surface area contributed by atoms with Crippen LogP contribution in [0, 0.1) is 0 Å². The van der Waals surface area contributed by atoms with E-state index in [1.807, 2.05) is 48.5 Å². The van der Waals surface area contributed by atoms with Crippen molar-refractivity contribution in [2.24, 2.45) is 5.73 Å². The van der Waals surface area contributed by atoms with E-state index in [0.717, 1.165) is 24.3 Å². The highest BCUT2D eigenvalue weighted by atomic mass is 35.5. The molecule has 0 aliphatic rings. The number of nitrogens with zero attached hydrogens (tertiary/aromatic N) is 1. The van der Waals surface area contributed by atoms with Crippen molar-refractivity contribution in [2.45, 2.75) is 12.5 Å². The summed E-state index contributed by atoms with van der Waals surface area (Å²) in [4.78, 5) is 16.1. The molecule has 1 aromatic heterocycles. The number of pyridine rings is 1. The molecular formula is C16H22Cl2N4O.